The van der Waals surface area contributed by atoms with Crippen LogP contribution in [0.5, 0.6) is 0 Å². The van der Waals surface area contributed by atoms with Gasteiger partial charge in [0.1, 0.15) is 0 Å². The maximum atomic E-state index is 6.69. The SMILES string of the molecule is CC1(C)OB(c2cccc3c2-c2ccccc2C32C3CC4CC(C3)CC2C4)OC1(C)C.Clc1cccc2c1-c1ccccc1C21C2CC3CC(C2)CC1C3. The second-order valence-corrected chi connectivity index (χ2v) is 20.9. The smallest absolute Gasteiger partial charge is 0.399 e. The summed E-state index contributed by atoms with van der Waals surface area (Å²) in [6, 6.07) is 32.1. The highest BCUT2D eigenvalue weighted by Crippen LogP contribution is 2.71. The molecule has 8 saturated carbocycles. The van der Waals surface area contributed by atoms with Crippen LogP contribution in [0.3, 0.4) is 0 Å². The van der Waals surface area contributed by atoms with Gasteiger partial charge in [0, 0.05) is 21.4 Å². The Balaban J connectivity index is 0.000000126. The van der Waals surface area contributed by atoms with Gasteiger partial charge in [0.15, 0.2) is 0 Å². The summed E-state index contributed by atoms with van der Waals surface area (Å²) >= 11 is 6.69. The van der Waals surface area contributed by atoms with Gasteiger partial charge in [-0.05, 0) is 190 Å². The highest BCUT2D eigenvalue weighted by atomic mass is 35.5. The Hall–Kier alpha value is -2.85. The first-order valence-electron chi connectivity index (χ1n) is 21.6. The van der Waals surface area contributed by atoms with Crippen molar-refractivity contribution in [1.29, 1.82) is 0 Å². The van der Waals surface area contributed by atoms with E-state index in [9.17, 15) is 0 Å². The zero-order valence-electron chi connectivity index (χ0n) is 32.5. The van der Waals surface area contributed by atoms with Crippen LogP contribution in [-0.2, 0) is 20.1 Å². The minimum Gasteiger partial charge on any atom is -0.399 e. The van der Waals surface area contributed by atoms with E-state index in [1.807, 2.05) is 0 Å². The van der Waals surface area contributed by atoms with Crippen LogP contribution in [0.4, 0.5) is 0 Å². The Morgan fingerprint density at radius 1 is 0.463 bits per heavy atom. The largest absolute Gasteiger partial charge is 0.495 e. The van der Waals surface area contributed by atoms with Crippen molar-refractivity contribution in [2.75, 3.05) is 0 Å². The van der Waals surface area contributed by atoms with Gasteiger partial charge in [-0.15, -0.1) is 0 Å². The highest BCUT2D eigenvalue weighted by molar-refractivity contribution is 6.64. The summed E-state index contributed by atoms with van der Waals surface area (Å²) in [6.45, 7) is 8.62. The molecule has 0 amide bonds. The molecule has 4 aromatic carbocycles. The summed E-state index contributed by atoms with van der Waals surface area (Å²) in [7, 11) is -0.306. The van der Waals surface area contributed by atoms with Crippen LogP contribution in [0.15, 0.2) is 84.9 Å². The molecule has 4 aromatic rings. The molecule has 15 rings (SSSR count). The standard InChI is InChI=1S/C28H33BO2.C22H21Cl/c1-26(2)27(3,4)31-29(30-26)24-11-7-10-23-25(24)21-8-5-6-9-22(21)28(23)19-13-17-12-18(15-19)16-20(28)14-17;23-20-7-3-6-19-21(20)17-4-1-2-5-18(17)22(19)15-9-13-8-14(11-15)12-16(22)10-13/h5-11,17-20H,12-16H2,1-4H3;1-7,13-16H,8-12H2. The molecule has 276 valence electrons. The Morgan fingerprint density at radius 2 is 0.852 bits per heavy atom. The van der Waals surface area contributed by atoms with Crippen LogP contribution >= 0.6 is 11.6 Å². The molecule has 54 heavy (non-hydrogen) atoms. The Morgan fingerprint density at radius 3 is 1.33 bits per heavy atom. The summed E-state index contributed by atoms with van der Waals surface area (Å²) in [4.78, 5) is 0. The van der Waals surface area contributed by atoms with E-state index in [1.54, 1.807) is 22.3 Å². The van der Waals surface area contributed by atoms with Crippen molar-refractivity contribution in [2.45, 2.75) is 114 Å². The number of fused-ring (bicyclic) bond motifs is 6. The molecule has 2 nitrogen and oxygen atoms in total. The molecule has 0 N–H and O–H groups in total. The van der Waals surface area contributed by atoms with E-state index < -0.39 is 0 Å². The summed E-state index contributed by atoms with van der Waals surface area (Å²) in [6.07, 6.45) is 14.4. The average Bonchev–Trinajstić information content (AvgIpc) is 3.70. The van der Waals surface area contributed by atoms with Crippen molar-refractivity contribution in [3.63, 3.8) is 0 Å². The molecule has 1 saturated heterocycles. The first-order chi connectivity index (χ1) is 26.1. The lowest BCUT2D eigenvalue weighted by Gasteiger charge is -2.61. The van der Waals surface area contributed by atoms with E-state index in [0.717, 1.165) is 52.4 Å². The van der Waals surface area contributed by atoms with Crippen LogP contribution in [0.25, 0.3) is 22.3 Å². The molecule has 0 unspecified atom stereocenters. The van der Waals surface area contributed by atoms with Crippen molar-refractivity contribution >= 4 is 24.2 Å². The summed E-state index contributed by atoms with van der Waals surface area (Å²) in [5, 5.41) is 0.945. The minimum atomic E-state index is -0.321. The van der Waals surface area contributed by atoms with Gasteiger partial charge in [-0.2, -0.15) is 0 Å². The van der Waals surface area contributed by atoms with Crippen molar-refractivity contribution < 1.29 is 9.31 Å². The van der Waals surface area contributed by atoms with E-state index in [4.69, 9.17) is 20.9 Å². The third-order valence-electron chi connectivity index (χ3n) is 17.6. The first kappa shape index (κ1) is 33.3. The third-order valence-corrected chi connectivity index (χ3v) is 18.0. The minimum absolute atomic E-state index is 0.207. The Labute approximate surface area is 327 Å². The van der Waals surface area contributed by atoms with Gasteiger partial charge < -0.3 is 9.31 Å². The lowest BCUT2D eigenvalue weighted by Crippen LogP contribution is -2.55. The van der Waals surface area contributed by atoms with Crippen LogP contribution < -0.4 is 5.46 Å². The molecule has 10 aliphatic carbocycles. The third kappa shape index (κ3) is 4.13. The van der Waals surface area contributed by atoms with E-state index in [-0.39, 0.29) is 29.2 Å². The van der Waals surface area contributed by atoms with E-state index in [2.05, 4.69) is 113 Å². The maximum Gasteiger partial charge on any atom is 0.495 e. The van der Waals surface area contributed by atoms with Gasteiger partial charge in [-0.1, -0.05) is 90.5 Å². The molecule has 0 atom stereocenters. The molecule has 4 heteroatoms. The van der Waals surface area contributed by atoms with Crippen molar-refractivity contribution in [2.24, 2.45) is 47.3 Å². The number of hydrogen-bond donors (Lipinski definition) is 0. The summed E-state index contributed by atoms with van der Waals surface area (Å²) in [5.41, 5.74) is 13.0. The number of rotatable bonds is 1. The molecule has 1 aliphatic heterocycles. The van der Waals surface area contributed by atoms with Gasteiger partial charge in [-0.25, -0.2) is 0 Å². The normalized spacial score (nSPS) is 38.4. The lowest BCUT2D eigenvalue weighted by atomic mass is 9.43. The maximum absolute atomic E-state index is 6.69. The fraction of sp³-hybridized carbons (Fsp3) is 0.520. The average molecular weight is 733 g/mol. The molecule has 9 fully saturated rings. The number of hydrogen-bond acceptors (Lipinski definition) is 2. The van der Waals surface area contributed by atoms with Crippen molar-refractivity contribution in [3.8, 4) is 22.3 Å². The second kappa shape index (κ2) is 11.2. The van der Waals surface area contributed by atoms with Gasteiger partial charge in [0.2, 0.25) is 0 Å². The summed E-state index contributed by atoms with van der Waals surface area (Å²) in [5.74, 6) is 7.18. The zero-order chi connectivity index (χ0) is 36.4. The van der Waals surface area contributed by atoms with Crippen LogP contribution in [0.1, 0.15) is 114 Å². The van der Waals surface area contributed by atoms with Crippen LogP contribution in [0.2, 0.25) is 5.02 Å². The molecule has 11 aliphatic rings. The fourth-order valence-electron chi connectivity index (χ4n) is 15.6. The molecule has 2 spiro atoms. The van der Waals surface area contributed by atoms with E-state index >= 15 is 0 Å². The topological polar surface area (TPSA) is 18.5 Å². The van der Waals surface area contributed by atoms with E-state index in [0.29, 0.717) is 0 Å². The van der Waals surface area contributed by atoms with Gasteiger partial charge >= 0.3 is 7.12 Å². The van der Waals surface area contributed by atoms with Gasteiger partial charge in [0.05, 0.1) is 11.2 Å². The zero-order valence-corrected chi connectivity index (χ0v) is 33.3. The Kier molecular flexibility index (Phi) is 6.89. The second-order valence-electron chi connectivity index (χ2n) is 20.5. The molecule has 8 bridgehead atoms. The fourth-order valence-corrected chi connectivity index (χ4v) is 15.8. The molecular formula is C50H54BClO2. The molecule has 0 aromatic heterocycles. The predicted octanol–water partition coefficient (Wildman–Crippen LogP) is 11.8. The number of benzene rings is 4. The quantitative estimate of drug-likeness (QED) is 0.181. The Bertz CT molecular complexity index is 2140. The summed E-state index contributed by atoms with van der Waals surface area (Å²) < 4.78 is 13.1. The van der Waals surface area contributed by atoms with E-state index in [1.165, 1.54) is 91.9 Å². The molecule has 0 radical (unpaired) electrons. The number of halogens is 1. The monoisotopic (exact) mass is 732 g/mol. The van der Waals surface area contributed by atoms with Crippen LogP contribution in [-0.4, -0.2) is 18.3 Å². The highest BCUT2D eigenvalue weighted by Gasteiger charge is 2.64. The van der Waals surface area contributed by atoms with Crippen molar-refractivity contribution in [3.05, 3.63) is 112 Å². The molecule has 1 heterocycles. The van der Waals surface area contributed by atoms with Crippen LogP contribution in [0, 0.1) is 47.3 Å². The predicted molar refractivity (Wildman–Crippen MR) is 220 cm³/mol. The lowest BCUT2D eigenvalue weighted by molar-refractivity contribution is -0.0399. The first-order valence-corrected chi connectivity index (χ1v) is 21.9. The molecular weight excluding hydrogens is 679 g/mol. The van der Waals surface area contributed by atoms with Crippen molar-refractivity contribution in [1.82, 2.24) is 0 Å². The van der Waals surface area contributed by atoms with Gasteiger partial charge in [0.25, 0.3) is 0 Å². The van der Waals surface area contributed by atoms with Gasteiger partial charge in [-0.3, -0.25) is 0 Å².